The summed E-state index contributed by atoms with van der Waals surface area (Å²) in [6, 6.07) is 17.4. The van der Waals surface area contributed by atoms with Crippen LogP contribution in [0.2, 0.25) is 0 Å². The first-order valence-electron chi connectivity index (χ1n) is 7.96. The van der Waals surface area contributed by atoms with Crippen molar-refractivity contribution in [2.75, 3.05) is 7.11 Å². The molecule has 6 heteroatoms. The quantitative estimate of drug-likeness (QED) is 0.525. The number of para-hydroxylation sites is 1. The van der Waals surface area contributed by atoms with Crippen molar-refractivity contribution in [1.82, 2.24) is 14.8 Å². The third-order valence-corrected chi connectivity index (χ3v) is 4.10. The van der Waals surface area contributed by atoms with Gasteiger partial charge in [0.25, 0.3) is 0 Å². The molecule has 2 aromatic heterocycles. The molecule has 0 spiro atoms. The summed E-state index contributed by atoms with van der Waals surface area (Å²) in [6.45, 7) is 0. The van der Waals surface area contributed by atoms with Crippen LogP contribution in [0.15, 0.2) is 66.9 Å². The second-order valence-corrected chi connectivity index (χ2v) is 5.66. The number of carbonyl (C=O) groups excluding carboxylic acids is 1. The van der Waals surface area contributed by atoms with Gasteiger partial charge in [-0.3, -0.25) is 0 Å². The lowest BCUT2D eigenvalue weighted by Gasteiger charge is -2.08. The molecule has 0 unspecified atom stereocenters. The third kappa shape index (κ3) is 2.61. The minimum atomic E-state index is -0.498. The average Bonchev–Trinajstić information content (AvgIpc) is 3.11. The van der Waals surface area contributed by atoms with Crippen LogP contribution in [0, 0.1) is 5.82 Å². The lowest BCUT2D eigenvalue weighted by Crippen LogP contribution is -2.05. The van der Waals surface area contributed by atoms with Crippen molar-refractivity contribution >= 4 is 17.0 Å². The normalized spacial score (nSPS) is 10.8. The van der Waals surface area contributed by atoms with Crippen LogP contribution >= 0.6 is 0 Å². The van der Waals surface area contributed by atoms with Gasteiger partial charge in [0.2, 0.25) is 0 Å². The number of pyridine rings is 1. The Hall–Kier alpha value is -3.54. The number of nitrogens with zero attached hydrogens (tertiary/aromatic N) is 3. The van der Waals surface area contributed by atoms with Crippen molar-refractivity contribution in [3.05, 3.63) is 78.2 Å². The van der Waals surface area contributed by atoms with Crippen LogP contribution in [0.1, 0.15) is 10.4 Å². The summed E-state index contributed by atoms with van der Waals surface area (Å²) in [4.78, 5) is 16.9. The van der Waals surface area contributed by atoms with Gasteiger partial charge in [-0.15, -0.1) is 0 Å². The molecule has 0 saturated heterocycles. The first kappa shape index (κ1) is 16.0. The van der Waals surface area contributed by atoms with Crippen LogP contribution in [0.3, 0.4) is 0 Å². The molecule has 0 radical (unpaired) electrons. The molecule has 2 aromatic carbocycles. The molecule has 2 heterocycles. The Morgan fingerprint density at radius 2 is 1.81 bits per heavy atom. The highest BCUT2D eigenvalue weighted by molar-refractivity contribution is 6.04. The third-order valence-electron chi connectivity index (χ3n) is 4.10. The Bertz CT molecular complexity index is 1110. The van der Waals surface area contributed by atoms with E-state index in [1.165, 1.54) is 24.1 Å². The van der Waals surface area contributed by atoms with E-state index in [9.17, 15) is 9.18 Å². The molecule has 0 aliphatic rings. The van der Waals surface area contributed by atoms with Gasteiger partial charge in [0, 0.05) is 5.56 Å². The van der Waals surface area contributed by atoms with Crippen LogP contribution in [-0.4, -0.2) is 27.8 Å². The van der Waals surface area contributed by atoms with Crippen molar-refractivity contribution in [3.8, 4) is 16.9 Å². The highest BCUT2D eigenvalue weighted by Crippen LogP contribution is 2.27. The van der Waals surface area contributed by atoms with Gasteiger partial charge in [-0.05, 0) is 18.2 Å². The molecule has 0 amide bonds. The van der Waals surface area contributed by atoms with Crippen LogP contribution in [0.4, 0.5) is 4.39 Å². The predicted molar refractivity (Wildman–Crippen MR) is 95.6 cm³/mol. The molecule has 0 aliphatic carbocycles. The number of hydrogen-bond acceptors (Lipinski definition) is 4. The average molecular weight is 347 g/mol. The fraction of sp³-hybridized carbons (Fsp3) is 0.0500. The summed E-state index contributed by atoms with van der Waals surface area (Å²) in [6.07, 6.45) is 1.50. The smallest absolute Gasteiger partial charge is 0.338 e. The van der Waals surface area contributed by atoms with Gasteiger partial charge < -0.3 is 4.74 Å². The van der Waals surface area contributed by atoms with E-state index in [1.807, 2.05) is 30.3 Å². The van der Waals surface area contributed by atoms with Gasteiger partial charge in [0.15, 0.2) is 5.65 Å². The molecule has 128 valence electrons. The molecule has 26 heavy (non-hydrogen) atoms. The van der Waals surface area contributed by atoms with Gasteiger partial charge in [-0.1, -0.05) is 42.5 Å². The highest BCUT2D eigenvalue weighted by Gasteiger charge is 2.19. The molecule has 0 saturated carbocycles. The number of methoxy groups -OCH3 is 1. The van der Waals surface area contributed by atoms with E-state index in [-0.39, 0.29) is 5.69 Å². The van der Waals surface area contributed by atoms with Crippen molar-refractivity contribution < 1.29 is 13.9 Å². The zero-order chi connectivity index (χ0) is 18.1. The summed E-state index contributed by atoms with van der Waals surface area (Å²) >= 11 is 0. The summed E-state index contributed by atoms with van der Waals surface area (Å²) in [7, 11) is 1.32. The summed E-state index contributed by atoms with van der Waals surface area (Å²) in [5, 5.41) is 4.74. The molecule has 0 aliphatic heterocycles. The standard InChI is InChI=1S/C20H14FN3O2/c1-26-20(25)14-11-17(13-7-3-2-4-8-13)23-19-15(14)12-22-24(19)18-10-6-5-9-16(18)21/h2-12H,1H3. The second-order valence-electron chi connectivity index (χ2n) is 5.66. The van der Waals surface area contributed by atoms with E-state index >= 15 is 0 Å². The molecule has 0 fully saturated rings. The molecule has 4 aromatic rings. The number of aromatic nitrogens is 3. The van der Waals surface area contributed by atoms with E-state index < -0.39 is 11.8 Å². The highest BCUT2D eigenvalue weighted by atomic mass is 19.1. The molecule has 0 bridgehead atoms. The van der Waals surface area contributed by atoms with Crippen molar-refractivity contribution in [1.29, 1.82) is 0 Å². The van der Waals surface area contributed by atoms with Crippen molar-refractivity contribution in [2.45, 2.75) is 0 Å². The monoisotopic (exact) mass is 347 g/mol. The van der Waals surface area contributed by atoms with Gasteiger partial charge in [0.1, 0.15) is 11.5 Å². The SMILES string of the molecule is COC(=O)c1cc(-c2ccccc2)nc2c1cnn2-c1ccccc1F. The Morgan fingerprint density at radius 1 is 1.08 bits per heavy atom. The van der Waals surface area contributed by atoms with E-state index in [4.69, 9.17) is 4.74 Å². The molecular formula is C20H14FN3O2. The zero-order valence-corrected chi connectivity index (χ0v) is 13.9. The van der Waals surface area contributed by atoms with E-state index in [2.05, 4.69) is 10.1 Å². The number of halogens is 1. The van der Waals surface area contributed by atoms with Crippen LogP contribution in [-0.2, 0) is 4.74 Å². The Labute approximate surface area is 148 Å². The lowest BCUT2D eigenvalue weighted by molar-refractivity contribution is 0.0603. The number of esters is 1. The maximum Gasteiger partial charge on any atom is 0.338 e. The summed E-state index contributed by atoms with van der Waals surface area (Å²) in [5.41, 5.74) is 2.39. The van der Waals surface area contributed by atoms with Gasteiger partial charge >= 0.3 is 5.97 Å². The molecule has 4 rings (SSSR count). The second kappa shape index (κ2) is 6.40. The lowest BCUT2D eigenvalue weighted by atomic mass is 10.1. The van der Waals surface area contributed by atoms with Crippen LogP contribution in [0.5, 0.6) is 0 Å². The topological polar surface area (TPSA) is 57.0 Å². The minimum absolute atomic E-state index is 0.260. The summed E-state index contributed by atoms with van der Waals surface area (Å²) < 4.78 is 20.5. The molecule has 5 nitrogen and oxygen atoms in total. The zero-order valence-electron chi connectivity index (χ0n) is 13.9. The predicted octanol–water partition coefficient (Wildman–Crippen LogP) is 4.01. The van der Waals surface area contributed by atoms with Crippen molar-refractivity contribution in [2.24, 2.45) is 0 Å². The van der Waals surface area contributed by atoms with Gasteiger partial charge in [0.05, 0.1) is 30.0 Å². The maximum atomic E-state index is 14.2. The first-order valence-corrected chi connectivity index (χ1v) is 7.96. The minimum Gasteiger partial charge on any atom is -0.465 e. The Balaban J connectivity index is 2.03. The van der Waals surface area contributed by atoms with Crippen LogP contribution < -0.4 is 0 Å². The number of hydrogen-bond donors (Lipinski definition) is 0. The van der Waals surface area contributed by atoms with Crippen molar-refractivity contribution in [3.63, 3.8) is 0 Å². The number of benzene rings is 2. The maximum absolute atomic E-state index is 14.2. The first-order chi connectivity index (χ1) is 12.7. The van der Waals surface area contributed by atoms with E-state index in [0.717, 1.165) is 5.56 Å². The Kier molecular flexibility index (Phi) is 3.93. The summed E-state index contributed by atoms with van der Waals surface area (Å²) in [5.74, 6) is -0.924. The molecule has 0 atom stereocenters. The molecule has 0 N–H and O–H groups in total. The fourth-order valence-electron chi connectivity index (χ4n) is 2.84. The number of rotatable bonds is 3. The fourth-order valence-corrected chi connectivity index (χ4v) is 2.84. The number of ether oxygens (including phenoxy) is 1. The van der Waals surface area contributed by atoms with Crippen LogP contribution in [0.25, 0.3) is 28.0 Å². The van der Waals surface area contributed by atoms with Gasteiger partial charge in [-0.2, -0.15) is 5.10 Å². The Morgan fingerprint density at radius 3 is 2.54 bits per heavy atom. The van der Waals surface area contributed by atoms with Gasteiger partial charge in [-0.25, -0.2) is 18.9 Å². The van der Waals surface area contributed by atoms with E-state index in [1.54, 1.807) is 24.3 Å². The number of carbonyl (C=O) groups is 1. The number of fused-ring (bicyclic) bond motifs is 1. The largest absolute Gasteiger partial charge is 0.465 e. The van der Waals surface area contributed by atoms with E-state index in [0.29, 0.717) is 22.3 Å². The molecular weight excluding hydrogens is 333 g/mol.